The third-order valence-electron chi connectivity index (χ3n) is 4.80. The lowest BCUT2D eigenvalue weighted by atomic mass is 10.0. The largest absolute Gasteiger partial charge is 0.211 e. The summed E-state index contributed by atoms with van der Waals surface area (Å²) in [4.78, 5) is 11.6. The summed E-state index contributed by atoms with van der Waals surface area (Å²) in [5.41, 5.74) is 6.19. The second-order valence-corrected chi connectivity index (χ2v) is 9.34. The fraction of sp³-hybridized carbons (Fsp3) is 0.217. The summed E-state index contributed by atoms with van der Waals surface area (Å²) >= 11 is 9.94. The van der Waals surface area contributed by atoms with E-state index in [1.165, 1.54) is 27.1 Å². The Hall–Kier alpha value is -1.88. The number of benzene rings is 2. The minimum atomic E-state index is 0.537. The quantitative estimate of drug-likeness (QED) is 0.188. The predicted molar refractivity (Wildman–Crippen MR) is 123 cm³/mol. The summed E-state index contributed by atoms with van der Waals surface area (Å²) in [7, 11) is 0. The molecule has 2 nitrogen and oxygen atoms in total. The number of rotatable bonds is 5. The van der Waals surface area contributed by atoms with Gasteiger partial charge in [0.2, 0.25) is 0 Å². The van der Waals surface area contributed by atoms with Gasteiger partial charge in [0, 0.05) is 16.2 Å². The van der Waals surface area contributed by atoms with Crippen molar-refractivity contribution in [3.63, 3.8) is 0 Å². The van der Waals surface area contributed by atoms with E-state index < -0.39 is 0 Å². The molecule has 2 heterocycles. The molecular weight excluding hydrogens is 404 g/mol. The molecule has 4 rings (SSSR count). The minimum absolute atomic E-state index is 0.537. The SMILES string of the molecule is CCc1ccc(-c2c(C)sc3nc(SCc4ccc(C)cc4)nc(Cl)c23)cc1. The molecule has 2 aromatic heterocycles. The molecule has 0 atom stereocenters. The number of hydrogen-bond donors (Lipinski definition) is 0. The maximum atomic E-state index is 6.63. The van der Waals surface area contributed by atoms with Crippen LogP contribution in [-0.2, 0) is 12.2 Å². The molecule has 0 saturated carbocycles. The van der Waals surface area contributed by atoms with Crippen LogP contribution in [0, 0.1) is 13.8 Å². The fourth-order valence-electron chi connectivity index (χ4n) is 3.20. The van der Waals surface area contributed by atoms with Gasteiger partial charge < -0.3 is 0 Å². The van der Waals surface area contributed by atoms with Crippen LogP contribution in [0.2, 0.25) is 5.15 Å². The molecule has 0 radical (unpaired) electrons. The fourth-order valence-corrected chi connectivity index (χ4v) is 5.48. The Bertz CT molecular complexity index is 1120. The van der Waals surface area contributed by atoms with Gasteiger partial charge in [-0.05, 0) is 37.0 Å². The number of nitrogens with zero attached hydrogens (tertiary/aromatic N) is 2. The second-order valence-electron chi connectivity index (χ2n) is 6.84. The Morgan fingerprint density at radius 2 is 1.61 bits per heavy atom. The lowest BCUT2D eigenvalue weighted by molar-refractivity contribution is 1.01. The molecule has 0 unspecified atom stereocenters. The molecule has 0 aliphatic carbocycles. The minimum Gasteiger partial charge on any atom is -0.211 e. The number of thiophene rings is 1. The molecular formula is C23H21ClN2S2. The molecule has 0 spiro atoms. The molecule has 142 valence electrons. The van der Waals surface area contributed by atoms with Crippen molar-refractivity contribution in [2.24, 2.45) is 0 Å². The highest BCUT2D eigenvalue weighted by molar-refractivity contribution is 7.98. The monoisotopic (exact) mass is 424 g/mol. The van der Waals surface area contributed by atoms with E-state index in [1.807, 2.05) is 0 Å². The van der Waals surface area contributed by atoms with Gasteiger partial charge >= 0.3 is 0 Å². The first-order chi connectivity index (χ1) is 13.5. The highest BCUT2D eigenvalue weighted by Gasteiger charge is 2.17. The Balaban J connectivity index is 1.66. The van der Waals surface area contributed by atoms with Crippen LogP contribution in [0.5, 0.6) is 0 Å². The van der Waals surface area contributed by atoms with Crippen LogP contribution in [0.25, 0.3) is 21.3 Å². The lowest BCUT2D eigenvalue weighted by Gasteiger charge is -2.06. The highest BCUT2D eigenvalue weighted by atomic mass is 35.5. The summed E-state index contributed by atoms with van der Waals surface area (Å²) in [5.74, 6) is 0.831. The van der Waals surface area contributed by atoms with E-state index in [0.717, 1.165) is 33.1 Å². The zero-order valence-corrected chi connectivity index (χ0v) is 18.5. The van der Waals surface area contributed by atoms with Gasteiger partial charge in [0.05, 0.1) is 5.39 Å². The summed E-state index contributed by atoms with van der Waals surface area (Å²) < 4.78 is 0. The van der Waals surface area contributed by atoms with Crippen LogP contribution in [0.3, 0.4) is 0 Å². The Labute approximate surface area is 179 Å². The van der Waals surface area contributed by atoms with Crippen molar-refractivity contribution in [2.45, 2.75) is 38.1 Å². The van der Waals surface area contributed by atoms with Crippen LogP contribution in [0.4, 0.5) is 0 Å². The molecule has 2 aromatic carbocycles. The topological polar surface area (TPSA) is 25.8 Å². The van der Waals surface area contributed by atoms with Crippen molar-refractivity contribution >= 4 is 44.9 Å². The zero-order valence-electron chi connectivity index (χ0n) is 16.1. The number of hydrogen-bond acceptors (Lipinski definition) is 4. The first-order valence-corrected chi connectivity index (χ1v) is 11.5. The maximum absolute atomic E-state index is 6.63. The van der Waals surface area contributed by atoms with Crippen LogP contribution in [0.1, 0.15) is 28.5 Å². The number of aryl methyl sites for hydroxylation is 3. The lowest BCUT2D eigenvalue weighted by Crippen LogP contribution is -1.90. The van der Waals surface area contributed by atoms with E-state index >= 15 is 0 Å². The molecule has 0 amide bonds. The Kier molecular flexibility index (Phi) is 5.72. The predicted octanol–water partition coefficient (Wildman–Crippen LogP) is 7.48. The van der Waals surface area contributed by atoms with Gasteiger partial charge in [-0.25, -0.2) is 9.97 Å². The third-order valence-corrected chi connectivity index (χ3v) is 6.99. The van der Waals surface area contributed by atoms with Gasteiger partial charge in [-0.1, -0.05) is 84.4 Å². The van der Waals surface area contributed by atoms with Crippen molar-refractivity contribution in [1.29, 1.82) is 0 Å². The normalized spacial score (nSPS) is 11.3. The number of aromatic nitrogens is 2. The van der Waals surface area contributed by atoms with Crippen LogP contribution < -0.4 is 0 Å². The van der Waals surface area contributed by atoms with Crippen LogP contribution in [0.15, 0.2) is 53.7 Å². The number of halogens is 1. The van der Waals surface area contributed by atoms with Gasteiger partial charge in [0.25, 0.3) is 0 Å². The maximum Gasteiger partial charge on any atom is 0.190 e. The van der Waals surface area contributed by atoms with E-state index in [-0.39, 0.29) is 0 Å². The highest BCUT2D eigenvalue weighted by Crippen LogP contribution is 2.41. The van der Waals surface area contributed by atoms with Gasteiger partial charge in [0.1, 0.15) is 9.98 Å². The van der Waals surface area contributed by atoms with E-state index in [9.17, 15) is 0 Å². The van der Waals surface area contributed by atoms with Crippen LogP contribution in [-0.4, -0.2) is 9.97 Å². The van der Waals surface area contributed by atoms with Crippen molar-refractivity contribution in [1.82, 2.24) is 9.97 Å². The van der Waals surface area contributed by atoms with Gasteiger partial charge in [-0.3, -0.25) is 0 Å². The van der Waals surface area contributed by atoms with Gasteiger partial charge in [-0.15, -0.1) is 11.3 Å². The molecule has 0 aliphatic rings. The van der Waals surface area contributed by atoms with E-state index in [2.05, 4.69) is 74.3 Å². The van der Waals surface area contributed by atoms with Gasteiger partial charge in [0.15, 0.2) is 5.16 Å². The van der Waals surface area contributed by atoms with Crippen molar-refractivity contribution in [2.75, 3.05) is 0 Å². The molecule has 0 saturated heterocycles. The van der Waals surface area contributed by atoms with E-state index in [1.54, 1.807) is 23.1 Å². The molecule has 28 heavy (non-hydrogen) atoms. The first kappa shape index (κ1) is 19.4. The molecule has 0 fully saturated rings. The van der Waals surface area contributed by atoms with Gasteiger partial charge in [-0.2, -0.15) is 0 Å². The molecule has 0 aliphatic heterocycles. The smallest absolute Gasteiger partial charge is 0.190 e. The zero-order chi connectivity index (χ0) is 19.7. The summed E-state index contributed by atoms with van der Waals surface area (Å²) in [5, 5.41) is 2.23. The first-order valence-electron chi connectivity index (χ1n) is 9.29. The molecule has 0 N–H and O–H groups in total. The average Bonchev–Trinajstić information content (AvgIpc) is 3.04. The molecule has 0 bridgehead atoms. The number of fused-ring (bicyclic) bond motifs is 1. The summed E-state index contributed by atoms with van der Waals surface area (Å²) in [6.07, 6.45) is 1.04. The standard InChI is InChI=1S/C23H21ClN2S2/c1-4-16-9-11-18(12-10-16)19-15(3)28-22-20(19)21(24)25-23(26-22)27-13-17-7-5-14(2)6-8-17/h5-12H,4,13H2,1-3H3. The Morgan fingerprint density at radius 3 is 2.29 bits per heavy atom. The van der Waals surface area contributed by atoms with E-state index in [0.29, 0.717) is 5.15 Å². The average molecular weight is 425 g/mol. The summed E-state index contributed by atoms with van der Waals surface area (Å²) in [6, 6.07) is 17.3. The molecule has 5 heteroatoms. The summed E-state index contributed by atoms with van der Waals surface area (Å²) in [6.45, 7) is 6.39. The van der Waals surface area contributed by atoms with Crippen molar-refractivity contribution in [3.05, 3.63) is 75.3 Å². The third kappa shape index (κ3) is 3.95. The van der Waals surface area contributed by atoms with Crippen molar-refractivity contribution < 1.29 is 0 Å². The second kappa shape index (κ2) is 8.24. The van der Waals surface area contributed by atoms with E-state index in [4.69, 9.17) is 16.6 Å². The Morgan fingerprint density at radius 1 is 0.929 bits per heavy atom. The molecule has 4 aromatic rings. The van der Waals surface area contributed by atoms with Crippen molar-refractivity contribution in [3.8, 4) is 11.1 Å². The number of thioether (sulfide) groups is 1. The van der Waals surface area contributed by atoms with Crippen LogP contribution >= 0.6 is 34.7 Å².